The van der Waals surface area contributed by atoms with Gasteiger partial charge in [-0.05, 0) is 82.6 Å². The molecule has 0 bridgehead atoms. The first-order valence-corrected chi connectivity index (χ1v) is 12.8. The van der Waals surface area contributed by atoms with Crippen molar-refractivity contribution < 1.29 is 18.8 Å². The van der Waals surface area contributed by atoms with Crippen LogP contribution in [0.3, 0.4) is 0 Å². The van der Waals surface area contributed by atoms with Gasteiger partial charge in [-0.15, -0.1) is 0 Å². The maximum atomic E-state index is 12.2. The van der Waals surface area contributed by atoms with Crippen LogP contribution < -0.4 is 4.74 Å². The van der Waals surface area contributed by atoms with Gasteiger partial charge in [-0.25, -0.2) is 0 Å². The molecule has 0 unspecified atom stereocenters. The molecule has 1 aromatic heterocycles. The molecular weight excluding hydrogens is 478 g/mol. The first kappa shape index (κ1) is 27.1. The van der Waals surface area contributed by atoms with Crippen molar-refractivity contribution in [3.8, 4) is 39.7 Å². The van der Waals surface area contributed by atoms with Gasteiger partial charge in [0, 0.05) is 23.2 Å². The Labute approximate surface area is 224 Å². The van der Waals surface area contributed by atoms with Crippen molar-refractivity contribution in [3.63, 3.8) is 0 Å². The van der Waals surface area contributed by atoms with E-state index in [1.807, 2.05) is 94.2 Å². The highest BCUT2D eigenvalue weighted by Crippen LogP contribution is 2.36. The van der Waals surface area contributed by atoms with E-state index in [1.54, 1.807) is 0 Å². The lowest BCUT2D eigenvalue weighted by atomic mass is 9.98. The molecule has 0 fully saturated rings. The molecule has 7 heteroatoms. The number of ether oxygens (including phenoxy) is 2. The normalized spacial score (nSPS) is 11.6. The molecule has 0 N–H and O–H groups in total. The van der Waals surface area contributed by atoms with Crippen LogP contribution in [-0.2, 0) is 16.1 Å². The van der Waals surface area contributed by atoms with E-state index in [-0.39, 0.29) is 12.5 Å². The third kappa shape index (κ3) is 6.86. The Hall–Kier alpha value is -3.97. The van der Waals surface area contributed by atoms with Gasteiger partial charge in [-0.1, -0.05) is 47.6 Å². The number of rotatable bonds is 9. The van der Waals surface area contributed by atoms with E-state index in [1.165, 1.54) is 5.56 Å². The Morgan fingerprint density at radius 1 is 0.974 bits per heavy atom. The molecule has 3 aromatic carbocycles. The topological polar surface area (TPSA) is 77.7 Å². The summed E-state index contributed by atoms with van der Waals surface area (Å²) in [4.78, 5) is 18.7. The van der Waals surface area contributed by atoms with Gasteiger partial charge < -0.3 is 14.0 Å². The van der Waals surface area contributed by atoms with E-state index in [9.17, 15) is 4.79 Å². The molecule has 1 heterocycles. The Morgan fingerprint density at radius 3 is 2.50 bits per heavy atom. The van der Waals surface area contributed by atoms with Crippen LogP contribution in [0.25, 0.3) is 34.0 Å². The minimum atomic E-state index is -0.502. The maximum absolute atomic E-state index is 12.2. The van der Waals surface area contributed by atoms with E-state index in [0.29, 0.717) is 24.9 Å². The number of hydrogen-bond donors (Lipinski definition) is 0. The smallest absolute Gasteiger partial charge is 0.320 e. The van der Waals surface area contributed by atoms with Crippen molar-refractivity contribution in [1.82, 2.24) is 15.0 Å². The molecule has 198 valence electrons. The molecule has 0 saturated carbocycles. The molecule has 0 aliphatic carbocycles. The second-order valence-electron chi connectivity index (χ2n) is 10.3. The highest BCUT2D eigenvalue weighted by atomic mass is 16.6. The summed E-state index contributed by atoms with van der Waals surface area (Å²) >= 11 is 0. The molecule has 0 radical (unpaired) electrons. The SMILES string of the molecule is CCOc1cc(-c2nc(-c3cccc(CN(C)CC(=O)OC(C)(C)C)c3)no2)ccc1-c1ccccc1C. The second kappa shape index (κ2) is 11.6. The first-order chi connectivity index (χ1) is 18.1. The van der Waals surface area contributed by atoms with E-state index < -0.39 is 5.60 Å². The Bertz CT molecular complexity index is 1400. The number of carbonyl (C=O) groups excluding carboxylic acids is 1. The lowest BCUT2D eigenvalue weighted by Crippen LogP contribution is -2.32. The van der Waals surface area contributed by atoms with Crippen LogP contribution in [-0.4, -0.2) is 46.8 Å². The largest absolute Gasteiger partial charge is 0.493 e. The van der Waals surface area contributed by atoms with Crippen molar-refractivity contribution in [2.24, 2.45) is 0 Å². The van der Waals surface area contributed by atoms with Crippen molar-refractivity contribution >= 4 is 5.97 Å². The summed E-state index contributed by atoms with van der Waals surface area (Å²) < 4.78 is 17.0. The van der Waals surface area contributed by atoms with Crippen molar-refractivity contribution in [2.75, 3.05) is 20.2 Å². The van der Waals surface area contributed by atoms with E-state index in [2.05, 4.69) is 29.2 Å². The third-order valence-corrected chi connectivity index (χ3v) is 5.85. The summed E-state index contributed by atoms with van der Waals surface area (Å²) in [5.41, 5.74) is 5.48. The molecule has 0 spiro atoms. The number of esters is 1. The van der Waals surface area contributed by atoms with Crippen molar-refractivity contribution in [1.29, 1.82) is 0 Å². The molecule has 0 amide bonds. The van der Waals surface area contributed by atoms with Gasteiger partial charge in [0.2, 0.25) is 5.82 Å². The summed E-state index contributed by atoms with van der Waals surface area (Å²) in [7, 11) is 1.89. The number of likely N-dealkylation sites (N-methyl/N-ethyl adjacent to an activating group) is 1. The minimum absolute atomic E-state index is 0.203. The molecule has 7 nitrogen and oxygen atoms in total. The monoisotopic (exact) mass is 513 g/mol. The number of nitrogens with zero attached hydrogens (tertiary/aromatic N) is 3. The number of carbonyl (C=O) groups is 1. The van der Waals surface area contributed by atoms with Crippen LogP contribution in [0.15, 0.2) is 71.3 Å². The Balaban J connectivity index is 1.52. The molecule has 0 aliphatic heterocycles. The maximum Gasteiger partial charge on any atom is 0.320 e. The van der Waals surface area contributed by atoms with E-state index in [0.717, 1.165) is 33.6 Å². The van der Waals surface area contributed by atoms with Crippen LogP contribution in [0.2, 0.25) is 0 Å². The van der Waals surface area contributed by atoms with Crippen molar-refractivity contribution in [2.45, 2.75) is 46.8 Å². The molecule has 38 heavy (non-hydrogen) atoms. The summed E-state index contributed by atoms with van der Waals surface area (Å²) in [6.07, 6.45) is 0. The number of aromatic nitrogens is 2. The van der Waals surface area contributed by atoms with Crippen molar-refractivity contribution in [3.05, 3.63) is 77.9 Å². The van der Waals surface area contributed by atoms with Gasteiger partial charge in [0.05, 0.1) is 13.2 Å². The van der Waals surface area contributed by atoms with Gasteiger partial charge in [0.25, 0.3) is 5.89 Å². The Kier molecular flexibility index (Phi) is 8.27. The van der Waals surface area contributed by atoms with Gasteiger partial charge in [-0.3, -0.25) is 9.69 Å². The van der Waals surface area contributed by atoms with Gasteiger partial charge in [0.1, 0.15) is 11.4 Å². The standard InChI is InChI=1S/C31H35N3O4/c1-7-36-27-18-24(15-16-26(27)25-14-9-8-11-21(25)2)30-32-29(33-38-30)23-13-10-12-22(17-23)19-34(6)20-28(35)37-31(3,4)5/h8-18H,7,19-20H2,1-6H3. The van der Waals surface area contributed by atoms with Gasteiger partial charge in [-0.2, -0.15) is 4.98 Å². The average molecular weight is 514 g/mol. The summed E-state index contributed by atoms with van der Waals surface area (Å²) in [6.45, 7) is 11.0. The molecular formula is C31H35N3O4. The highest BCUT2D eigenvalue weighted by molar-refractivity contribution is 5.76. The zero-order chi connectivity index (χ0) is 27.3. The van der Waals surface area contributed by atoms with Crippen LogP contribution in [0.5, 0.6) is 5.75 Å². The van der Waals surface area contributed by atoms with E-state index in [4.69, 9.17) is 14.0 Å². The average Bonchev–Trinajstić information content (AvgIpc) is 3.34. The fourth-order valence-corrected chi connectivity index (χ4v) is 4.26. The van der Waals surface area contributed by atoms with Crippen LogP contribution in [0.1, 0.15) is 38.8 Å². The number of hydrogen-bond acceptors (Lipinski definition) is 7. The minimum Gasteiger partial charge on any atom is -0.493 e. The lowest BCUT2D eigenvalue weighted by Gasteiger charge is -2.22. The Morgan fingerprint density at radius 2 is 1.76 bits per heavy atom. The third-order valence-electron chi connectivity index (χ3n) is 5.85. The van der Waals surface area contributed by atoms with Crippen LogP contribution >= 0.6 is 0 Å². The quantitative estimate of drug-likeness (QED) is 0.235. The fourth-order valence-electron chi connectivity index (χ4n) is 4.26. The summed E-state index contributed by atoms with van der Waals surface area (Å²) in [5, 5.41) is 4.23. The fraction of sp³-hybridized carbons (Fsp3) is 0.323. The van der Waals surface area contributed by atoms with Crippen LogP contribution in [0.4, 0.5) is 0 Å². The molecule has 0 aliphatic rings. The molecule has 4 rings (SSSR count). The van der Waals surface area contributed by atoms with Gasteiger partial charge >= 0.3 is 5.97 Å². The van der Waals surface area contributed by atoms with Crippen LogP contribution in [0, 0.1) is 6.92 Å². The second-order valence-corrected chi connectivity index (χ2v) is 10.3. The number of benzene rings is 3. The summed E-state index contributed by atoms with van der Waals surface area (Å²) in [6, 6.07) is 22.1. The lowest BCUT2D eigenvalue weighted by molar-refractivity contribution is -0.155. The molecule has 0 atom stereocenters. The highest BCUT2D eigenvalue weighted by Gasteiger charge is 2.18. The predicted octanol–water partition coefficient (Wildman–Crippen LogP) is 6.55. The zero-order valence-corrected chi connectivity index (χ0v) is 22.9. The molecule has 0 saturated heterocycles. The van der Waals surface area contributed by atoms with E-state index >= 15 is 0 Å². The zero-order valence-electron chi connectivity index (χ0n) is 22.9. The molecule has 4 aromatic rings. The first-order valence-electron chi connectivity index (χ1n) is 12.8. The summed E-state index contributed by atoms with van der Waals surface area (Å²) in [5.74, 6) is 1.44. The number of aryl methyl sites for hydroxylation is 1. The van der Waals surface area contributed by atoms with Gasteiger partial charge in [0.15, 0.2) is 0 Å². The predicted molar refractivity (Wildman–Crippen MR) is 149 cm³/mol.